The Kier molecular flexibility index (Phi) is 2.95. The Labute approximate surface area is 112 Å². The molecule has 0 aliphatic rings. The molecule has 0 aliphatic heterocycles. The SMILES string of the molecule is Cc1cccc(C(C)Nc2cccc3[nH]ncc23)c1. The first kappa shape index (κ1) is 11.8. The van der Waals surface area contributed by atoms with Gasteiger partial charge < -0.3 is 5.32 Å². The van der Waals surface area contributed by atoms with Gasteiger partial charge in [0, 0.05) is 17.1 Å². The lowest BCUT2D eigenvalue weighted by atomic mass is 10.1. The first-order valence-electron chi connectivity index (χ1n) is 6.49. The van der Waals surface area contributed by atoms with Gasteiger partial charge in [0.25, 0.3) is 0 Å². The third-order valence-corrected chi connectivity index (χ3v) is 3.40. The zero-order valence-corrected chi connectivity index (χ0v) is 11.1. The van der Waals surface area contributed by atoms with E-state index in [0.29, 0.717) is 0 Å². The summed E-state index contributed by atoms with van der Waals surface area (Å²) in [5.74, 6) is 0. The zero-order valence-electron chi connectivity index (χ0n) is 11.1. The Hall–Kier alpha value is -2.29. The average molecular weight is 251 g/mol. The van der Waals surface area contributed by atoms with Gasteiger partial charge >= 0.3 is 0 Å². The van der Waals surface area contributed by atoms with Gasteiger partial charge in [-0.1, -0.05) is 35.9 Å². The second-order valence-electron chi connectivity index (χ2n) is 4.92. The van der Waals surface area contributed by atoms with Gasteiger partial charge in [-0.2, -0.15) is 5.10 Å². The lowest BCUT2D eigenvalue weighted by molar-refractivity contribution is 0.885. The highest BCUT2D eigenvalue weighted by atomic mass is 15.1. The van der Waals surface area contributed by atoms with Gasteiger partial charge in [-0.15, -0.1) is 0 Å². The Morgan fingerprint density at radius 2 is 2.00 bits per heavy atom. The summed E-state index contributed by atoms with van der Waals surface area (Å²) < 4.78 is 0. The maximum atomic E-state index is 4.09. The summed E-state index contributed by atoms with van der Waals surface area (Å²) in [7, 11) is 0. The Morgan fingerprint density at radius 1 is 1.16 bits per heavy atom. The third kappa shape index (κ3) is 2.32. The molecule has 96 valence electrons. The molecule has 19 heavy (non-hydrogen) atoms. The molecule has 1 atom stereocenters. The van der Waals surface area contributed by atoms with E-state index in [1.807, 2.05) is 18.3 Å². The van der Waals surface area contributed by atoms with Gasteiger partial charge in [-0.05, 0) is 31.5 Å². The molecule has 1 heterocycles. The fourth-order valence-electron chi connectivity index (χ4n) is 2.35. The molecule has 0 aliphatic carbocycles. The Bertz CT molecular complexity index is 700. The van der Waals surface area contributed by atoms with Crippen LogP contribution in [0.3, 0.4) is 0 Å². The second kappa shape index (κ2) is 4.76. The third-order valence-electron chi connectivity index (χ3n) is 3.40. The van der Waals surface area contributed by atoms with Crippen LogP contribution in [0.5, 0.6) is 0 Å². The molecule has 2 N–H and O–H groups in total. The van der Waals surface area contributed by atoms with Gasteiger partial charge in [0.1, 0.15) is 0 Å². The van der Waals surface area contributed by atoms with E-state index < -0.39 is 0 Å². The molecule has 3 heteroatoms. The summed E-state index contributed by atoms with van der Waals surface area (Å²) in [5, 5.41) is 11.8. The van der Waals surface area contributed by atoms with Crippen molar-refractivity contribution < 1.29 is 0 Å². The molecule has 0 fully saturated rings. The summed E-state index contributed by atoms with van der Waals surface area (Å²) in [4.78, 5) is 0. The van der Waals surface area contributed by atoms with Gasteiger partial charge in [-0.25, -0.2) is 0 Å². The molecule has 0 amide bonds. The average Bonchev–Trinajstić information content (AvgIpc) is 2.88. The van der Waals surface area contributed by atoms with Crippen molar-refractivity contribution in [1.29, 1.82) is 0 Å². The van der Waals surface area contributed by atoms with Crippen LogP contribution in [0.25, 0.3) is 10.9 Å². The van der Waals surface area contributed by atoms with E-state index in [4.69, 9.17) is 0 Å². The molecule has 0 saturated carbocycles. The number of aryl methyl sites for hydroxylation is 1. The number of aromatic amines is 1. The monoisotopic (exact) mass is 251 g/mol. The number of aromatic nitrogens is 2. The Morgan fingerprint density at radius 3 is 2.84 bits per heavy atom. The van der Waals surface area contributed by atoms with Crippen molar-refractivity contribution in [2.45, 2.75) is 19.9 Å². The molecule has 3 nitrogen and oxygen atoms in total. The predicted molar refractivity (Wildman–Crippen MR) is 79.3 cm³/mol. The second-order valence-corrected chi connectivity index (χ2v) is 4.92. The van der Waals surface area contributed by atoms with Crippen LogP contribution in [0.15, 0.2) is 48.7 Å². The van der Waals surface area contributed by atoms with E-state index in [0.717, 1.165) is 16.6 Å². The van der Waals surface area contributed by atoms with E-state index >= 15 is 0 Å². The van der Waals surface area contributed by atoms with Crippen molar-refractivity contribution in [2.75, 3.05) is 5.32 Å². The normalized spacial score (nSPS) is 12.5. The van der Waals surface area contributed by atoms with Crippen LogP contribution in [0.1, 0.15) is 24.1 Å². The lowest BCUT2D eigenvalue weighted by Crippen LogP contribution is -2.06. The van der Waals surface area contributed by atoms with Crippen molar-refractivity contribution in [2.24, 2.45) is 0 Å². The van der Waals surface area contributed by atoms with Gasteiger partial charge in [0.05, 0.1) is 11.7 Å². The van der Waals surface area contributed by atoms with Crippen LogP contribution >= 0.6 is 0 Å². The van der Waals surface area contributed by atoms with Crippen LogP contribution in [-0.4, -0.2) is 10.2 Å². The van der Waals surface area contributed by atoms with E-state index in [-0.39, 0.29) is 6.04 Å². The smallest absolute Gasteiger partial charge is 0.0671 e. The summed E-state index contributed by atoms with van der Waals surface area (Å²) in [6, 6.07) is 15.0. The summed E-state index contributed by atoms with van der Waals surface area (Å²) in [6.45, 7) is 4.29. The first-order valence-corrected chi connectivity index (χ1v) is 6.49. The highest BCUT2D eigenvalue weighted by Gasteiger charge is 2.08. The van der Waals surface area contributed by atoms with Crippen molar-refractivity contribution >= 4 is 16.6 Å². The van der Waals surface area contributed by atoms with E-state index in [1.54, 1.807) is 0 Å². The zero-order chi connectivity index (χ0) is 13.2. The van der Waals surface area contributed by atoms with Crippen LogP contribution in [0.2, 0.25) is 0 Å². The van der Waals surface area contributed by atoms with Crippen molar-refractivity contribution in [1.82, 2.24) is 10.2 Å². The number of anilines is 1. The van der Waals surface area contributed by atoms with Crippen molar-refractivity contribution in [3.05, 3.63) is 59.8 Å². The number of H-pyrrole nitrogens is 1. The number of rotatable bonds is 3. The quantitative estimate of drug-likeness (QED) is 0.737. The molecule has 1 unspecified atom stereocenters. The van der Waals surface area contributed by atoms with Crippen LogP contribution in [0.4, 0.5) is 5.69 Å². The highest BCUT2D eigenvalue weighted by molar-refractivity contribution is 5.90. The molecule has 0 saturated heterocycles. The molecule has 2 aromatic carbocycles. The van der Waals surface area contributed by atoms with Crippen LogP contribution in [-0.2, 0) is 0 Å². The molecule has 0 spiro atoms. The topological polar surface area (TPSA) is 40.7 Å². The van der Waals surface area contributed by atoms with Gasteiger partial charge in [-0.3, -0.25) is 5.10 Å². The molecular formula is C16H17N3. The molecule has 3 rings (SSSR count). The predicted octanol–water partition coefficient (Wildman–Crippen LogP) is 4.04. The van der Waals surface area contributed by atoms with E-state index in [2.05, 4.69) is 59.7 Å². The fraction of sp³-hybridized carbons (Fsp3) is 0.188. The minimum atomic E-state index is 0.264. The van der Waals surface area contributed by atoms with Crippen LogP contribution in [0, 0.1) is 6.92 Å². The Balaban J connectivity index is 1.90. The van der Waals surface area contributed by atoms with Crippen molar-refractivity contribution in [3.63, 3.8) is 0 Å². The minimum absolute atomic E-state index is 0.264. The van der Waals surface area contributed by atoms with E-state index in [1.165, 1.54) is 11.1 Å². The maximum Gasteiger partial charge on any atom is 0.0671 e. The minimum Gasteiger partial charge on any atom is -0.378 e. The van der Waals surface area contributed by atoms with Gasteiger partial charge in [0.2, 0.25) is 0 Å². The number of hydrogen-bond acceptors (Lipinski definition) is 2. The standard InChI is InChI=1S/C16H17N3/c1-11-5-3-6-13(9-11)12(2)18-15-7-4-8-16-14(15)10-17-19-16/h3-10,12,18H,1-2H3,(H,17,19). The lowest BCUT2D eigenvalue weighted by Gasteiger charge is -2.16. The first-order chi connectivity index (χ1) is 9.24. The van der Waals surface area contributed by atoms with Gasteiger partial charge in [0.15, 0.2) is 0 Å². The summed E-state index contributed by atoms with van der Waals surface area (Å²) >= 11 is 0. The fourth-order valence-corrected chi connectivity index (χ4v) is 2.35. The number of fused-ring (bicyclic) bond motifs is 1. The molecule has 1 aromatic heterocycles. The van der Waals surface area contributed by atoms with Crippen molar-refractivity contribution in [3.8, 4) is 0 Å². The summed E-state index contributed by atoms with van der Waals surface area (Å²) in [6.07, 6.45) is 1.86. The number of benzene rings is 2. The largest absolute Gasteiger partial charge is 0.378 e. The number of nitrogens with one attached hydrogen (secondary N) is 2. The molecule has 3 aromatic rings. The van der Waals surface area contributed by atoms with Crippen LogP contribution < -0.4 is 5.32 Å². The molecule has 0 radical (unpaired) electrons. The molecular weight excluding hydrogens is 234 g/mol. The van der Waals surface area contributed by atoms with E-state index in [9.17, 15) is 0 Å². The number of nitrogens with zero attached hydrogens (tertiary/aromatic N) is 1. The summed E-state index contributed by atoms with van der Waals surface area (Å²) in [5.41, 5.74) is 4.75. The number of hydrogen-bond donors (Lipinski definition) is 2. The maximum absolute atomic E-state index is 4.09. The highest BCUT2D eigenvalue weighted by Crippen LogP contribution is 2.26. The molecule has 0 bridgehead atoms.